The number of nitrogens with one attached hydrogen (secondary N) is 1. The molecule has 1 amide bonds. The zero-order chi connectivity index (χ0) is 15.1. The number of piperazine rings is 1. The molecule has 0 saturated carbocycles. The number of likely N-dealkylation sites (N-methyl/N-ethyl adjacent to an activating group) is 1. The minimum Gasteiger partial charge on any atom is -0.353 e. The predicted molar refractivity (Wildman–Crippen MR) is 83.2 cm³/mol. The summed E-state index contributed by atoms with van der Waals surface area (Å²) in [5, 5.41) is 3.00. The van der Waals surface area contributed by atoms with Crippen molar-refractivity contribution in [2.24, 2.45) is 0 Å². The summed E-state index contributed by atoms with van der Waals surface area (Å²) in [6.07, 6.45) is 4.70. The van der Waals surface area contributed by atoms with Crippen LogP contribution in [-0.2, 0) is 17.8 Å². The van der Waals surface area contributed by atoms with Crippen molar-refractivity contribution < 1.29 is 4.79 Å². The van der Waals surface area contributed by atoms with Crippen molar-refractivity contribution in [3.8, 4) is 0 Å². The summed E-state index contributed by atoms with van der Waals surface area (Å²) in [4.78, 5) is 20.9. The number of amides is 1. The molecule has 1 aliphatic rings. The number of nitrogens with zero attached hydrogens (tertiary/aromatic N) is 4. The Bertz CT molecular complexity index is 437. The summed E-state index contributed by atoms with van der Waals surface area (Å²) in [5.74, 6) is 1.19. The van der Waals surface area contributed by atoms with Crippen molar-refractivity contribution in [3.63, 3.8) is 0 Å². The average molecular weight is 293 g/mol. The molecule has 1 aromatic heterocycles. The molecule has 1 aliphatic heterocycles. The van der Waals surface area contributed by atoms with E-state index in [-0.39, 0.29) is 5.91 Å². The van der Waals surface area contributed by atoms with E-state index >= 15 is 0 Å². The van der Waals surface area contributed by atoms with Gasteiger partial charge < -0.3 is 14.8 Å². The molecule has 2 rings (SSSR count). The van der Waals surface area contributed by atoms with Gasteiger partial charge in [0.15, 0.2) is 0 Å². The van der Waals surface area contributed by atoms with E-state index in [1.54, 1.807) is 0 Å². The third-order valence-electron chi connectivity index (χ3n) is 4.07. The van der Waals surface area contributed by atoms with Gasteiger partial charge in [-0.2, -0.15) is 0 Å². The first kappa shape index (κ1) is 16.0. The van der Waals surface area contributed by atoms with Crippen molar-refractivity contribution in [3.05, 3.63) is 18.2 Å². The highest BCUT2D eigenvalue weighted by Gasteiger charge is 2.17. The van der Waals surface area contributed by atoms with Gasteiger partial charge in [0.25, 0.3) is 0 Å². The largest absolute Gasteiger partial charge is 0.353 e. The van der Waals surface area contributed by atoms with Crippen LogP contribution in [0.5, 0.6) is 0 Å². The lowest BCUT2D eigenvalue weighted by atomic mass is 10.3. The molecule has 6 heteroatoms. The standard InChI is InChI=1S/C15H27N5O/c1-3-14-16-5-7-20(14)8-6-17-15(21)13-19-11-9-18(4-2)10-12-19/h5,7H,3-4,6,8-13H2,1-2H3,(H,17,21). The highest BCUT2D eigenvalue weighted by Crippen LogP contribution is 2.00. The monoisotopic (exact) mass is 293 g/mol. The number of aromatic nitrogens is 2. The second kappa shape index (κ2) is 8.14. The van der Waals surface area contributed by atoms with Crippen LogP contribution in [0.2, 0.25) is 0 Å². The van der Waals surface area contributed by atoms with Gasteiger partial charge in [0, 0.05) is 58.1 Å². The van der Waals surface area contributed by atoms with Gasteiger partial charge in [0.1, 0.15) is 5.82 Å². The van der Waals surface area contributed by atoms with Crippen LogP contribution < -0.4 is 5.32 Å². The Morgan fingerprint density at radius 3 is 2.62 bits per heavy atom. The molecule has 2 heterocycles. The molecule has 0 atom stereocenters. The van der Waals surface area contributed by atoms with E-state index in [0.29, 0.717) is 13.1 Å². The summed E-state index contributed by atoms with van der Waals surface area (Å²) in [7, 11) is 0. The van der Waals surface area contributed by atoms with Gasteiger partial charge in [-0.3, -0.25) is 9.69 Å². The topological polar surface area (TPSA) is 53.4 Å². The highest BCUT2D eigenvalue weighted by molar-refractivity contribution is 5.77. The molecule has 0 aromatic carbocycles. The molecular weight excluding hydrogens is 266 g/mol. The van der Waals surface area contributed by atoms with Crippen LogP contribution in [-0.4, -0.2) is 71.1 Å². The molecule has 0 unspecified atom stereocenters. The second-order valence-corrected chi connectivity index (χ2v) is 5.45. The fraction of sp³-hybridized carbons (Fsp3) is 0.733. The molecule has 1 aromatic rings. The Kier molecular flexibility index (Phi) is 6.20. The fourth-order valence-electron chi connectivity index (χ4n) is 2.70. The first-order valence-electron chi connectivity index (χ1n) is 7.94. The van der Waals surface area contributed by atoms with Crippen LogP contribution in [0.15, 0.2) is 12.4 Å². The Hall–Kier alpha value is -1.40. The number of hydrogen-bond acceptors (Lipinski definition) is 4. The smallest absolute Gasteiger partial charge is 0.234 e. The van der Waals surface area contributed by atoms with E-state index < -0.39 is 0 Å². The van der Waals surface area contributed by atoms with Crippen molar-refractivity contribution >= 4 is 5.91 Å². The van der Waals surface area contributed by atoms with Gasteiger partial charge in [0.2, 0.25) is 5.91 Å². The van der Waals surface area contributed by atoms with Crippen molar-refractivity contribution in [2.75, 3.05) is 45.8 Å². The first-order chi connectivity index (χ1) is 10.2. The van der Waals surface area contributed by atoms with E-state index in [1.807, 2.05) is 12.4 Å². The summed E-state index contributed by atoms with van der Waals surface area (Å²) in [6.45, 7) is 11.5. The maximum Gasteiger partial charge on any atom is 0.234 e. The van der Waals surface area contributed by atoms with Gasteiger partial charge in [-0.05, 0) is 6.54 Å². The molecule has 0 spiro atoms. The van der Waals surface area contributed by atoms with E-state index in [9.17, 15) is 4.79 Å². The molecular formula is C15H27N5O. The van der Waals surface area contributed by atoms with Crippen LogP contribution in [0.1, 0.15) is 19.7 Å². The van der Waals surface area contributed by atoms with E-state index in [4.69, 9.17) is 0 Å². The predicted octanol–water partition coefficient (Wildman–Crippen LogP) is 0.199. The molecule has 6 nitrogen and oxygen atoms in total. The summed E-state index contributed by atoms with van der Waals surface area (Å²) < 4.78 is 2.10. The quantitative estimate of drug-likeness (QED) is 0.780. The third kappa shape index (κ3) is 4.82. The van der Waals surface area contributed by atoms with Crippen LogP contribution in [0.3, 0.4) is 0 Å². The Labute approximate surface area is 127 Å². The van der Waals surface area contributed by atoms with Gasteiger partial charge in [-0.25, -0.2) is 4.98 Å². The van der Waals surface area contributed by atoms with Crippen molar-refractivity contribution in [2.45, 2.75) is 26.8 Å². The minimum absolute atomic E-state index is 0.123. The molecule has 118 valence electrons. The number of carbonyl (C=O) groups is 1. The molecule has 21 heavy (non-hydrogen) atoms. The number of imidazole rings is 1. The van der Waals surface area contributed by atoms with E-state index in [0.717, 1.165) is 51.5 Å². The zero-order valence-electron chi connectivity index (χ0n) is 13.2. The molecule has 1 fully saturated rings. The maximum atomic E-state index is 12.0. The zero-order valence-corrected chi connectivity index (χ0v) is 13.2. The first-order valence-corrected chi connectivity index (χ1v) is 7.94. The molecule has 1 saturated heterocycles. The van der Waals surface area contributed by atoms with Crippen LogP contribution in [0, 0.1) is 0 Å². The lowest BCUT2D eigenvalue weighted by Crippen LogP contribution is -2.49. The minimum atomic E-state index is 0.123. The second-order valence-electron chi connectivity index (χ2n) is 5.45. The molecule has 0 aliphatic carbocycles. The van der Waals surface area contributed by atoms with Gasteiger partial charge in [-0.15, -0.1) is 0 Å². The van der Waals surface area contributed by atoms with Crippen LogP contribution in [0.4, 0.5) is 0 Å². The van der Waals surface area contributed by atoms with Crippen LogP contribution in [0.25, 0.3) is 0 Å². The fourth-order valence-corrected chi connectivity index (χ4v) is 2.70. The van der Waals surface area contributed by atoms with E-state index in [2.05, 4.69) is 38.5 Å². The van der Waals surface area contributed by atoms with Gasteiger partial charge in [-0.1, -0.05) is 13.8 Å². The summed E-state index contributed by atoms with van der Waals surface area (Å²) in [5.41, 5.74) is 0. The Balaban J connectivity index is 1.64. The van der Waals surface area contributed by atoms with Crippen LogP contribution >= 0.6 is 0 Å². The van der Waals surface area contributed by atoms with Gasteiger partial charge in [0.05, 0.1) is 6.54 Å². The van der Waals surface area contributed by atoms with Crippen molar-refractivity contribution in [1.29, 1.82) is 0 Å². The van der Waals surface area contributed by atoms with Gasteiger partial charge >= 0.3 is 0 Å². The normalized spacial score (nSPS) is 17.0. The number of carbonyl (C=O) groups excluding carboxylic acids is 1. The number of aryl methyl sites for hydroxylation is 1. The summed E-state index contributed by atoms with van der Waals surface area (Å²) in [6, 6.07) is 0. The van der Waals surface area contributed by atoms with Crippen molar-refractivity contribution in [1.82, 2.24) is 24.7 Å². The Morgan fingerprint density at radius 1 is 1.24 bits per heavy atom. The lowest BCUT2D eigenvalue weighted by Gasteiger charge is -2.33. The molecule has 0 radical (unpaired) electrons. The Morgan fingerprint density at radius 2 is 1.95 bits per heavy atom. The highest BCUT2D eigenvalue weighted by atomic mass is 16.2. The third-order valence-corrected chi connectivity index (χ3v) is 4.07. The number of rotatable bonds is 7. The average Bonchev–Trinajstić information content (AvgIpc) is 2.95. The number of hydrogen-bond donors (Lipinski definition) is 1. The molecule has 0 bridgehead atoms. The SMILES string of the molecule is CCc1nccn1CCNC(=O)CN1CCN(CC)CC1. The summed E-state index contributed by atoms with van der Waals surface area (Å²) >= 11 is 0. The maximum absolute atomic E-state index is 12.0. The lowest BCUT2D eigenvalue weighted by molar-refractivity contribution is -0.122. The van der Waals surface area contributed by atoms with E-state index in [1.165, 1.54) is 0 Å². The molecule has 1 N–H and O–H groups in total.